The van der Waals surface area contributed by atoms with Crippen LogP contribution < -0.4 is 0 Å². The summed E-state index contributed by atoms with van der Waals surface area (Å²) in [7, 11) is 0. The number of hydrogen-bond acceptors (Lipinski definition) is 4. The monoisotopic (exact) mass is 298 g/mol. The molecule has 2 aromatic heterocycles. The summed E-state index contributed by atoms with van der Waals surface area (Å²) in [5.74, 6) is 0.793. The van der Waals surface area contributed by atoms with Crippen molar-refractivity contribution < 1.29 is 4.79 Å². The minimum atomic E-state index is 0.238. The molecule has 0 saturated heterocycles. The molecule has 0 bridgehead atoms. The van der Waals surface area contributed by atoms with E-state index in [1.807, 2.05) is 13.8 Å². The Morgan fingerprint density at radius 3 is 2.58 bits per heavy atom. The van der Waals surface area contributed by atoms with Crippen LogP contribution in [0, 0.1) is 5.92 Å². The molecule has 0 saturated carbocycles. The van der Waals surface area contributed by atoms with Crippen molar-refractivity contribution in [2.75, 3.05) is 0 Å². The molecular weight excluding hydrogens is 287 g/mol. The maximum Gasteiger partial charge on any atom is 0.177 e. The Morgan fingerprint density at radius 2 is 2.05 bits per heavy atom. The van der Waals surface area contributed by atoms with Gasteiger partial charge in [0, 0.05) is 0 Å². The lowest BCUT2D eigenvalue weighted by atomic mass is 10.1. The number of halogens is 2. The highest BCUT2D eigenvalue weighted by atomic mass is 35.5. The number of aromatic nitrogens is 4. The van der Waals surface area contributed by atoms with Gasteiger partial charge < -0.3 is 0 Å². The Morgan fingerprint density at radius 1 is 1.32 bits per heavy atom. The van der Waals surface area contributed by atoms with Crippen LogP contribution in [0.4, 0.5) is 0 Å². The summed E-state index contributed by atoms with van der Waals surface area (Å²) in [6.45, 7) is 4.09. The zero-order valence-corrected chi connectivity index (χ0v) is 12.0. The molecule has 19 heavy (non-hydrogen) atoms. The smallest absolute Gasteiger partial charge is 0.177 e. The number of nitrogens with zero attached hydrogens (tertiary/aromatic N) is 4. The van der Waals surface area contributed by atoms with Crippen molar-refractivity contribution in [1.82, 2.24) is 20.0 Å². The molecular formula is C12H12Cl2N4O. The summed E-state index contributed by atoms with van der Waals surface area (Å²) in [6, 6.07) is 3.23. The molecule has 2 heterocycles. The Balaban J connectivity index is 2.49. The summed E-state index contributed by atoms with van der Waals surface area (Å²) in [6.07, 6.45) is 1.38. The third-order valence-corrected chi connectivity index (χ3v) is 3.06. The molecule has 0 radical (unpaired) electrons. The van der Waals surface area contributed by atoms with Crippen molar-refractivity contribution in [2.24, 2.45) is 5.92 Å². The number of rotatable bonds is 4. The Kier molecular flexibility index (Phi) is 4.17. The molecule has 0 fully saturated rings. The van der Waals surface area contributed by atoms with Crippen molar-refractivity contribution in [3.05, 3.63) is 33.7 Å². The first kappa shape index (κ1) is 14.0. The van der Waals surface area contributed by atoms with Crippen LogP contribution in [-0.2, 0) is 6.42 Å². The van der Waals surface area contributed by atoms with Crippen molar-refractivity contribution in [3.63, 3.8) is 0 Å². The van der Waals surface area contributed by atoms with Gasteiger partial charge in [-0.2, -0.15) is 5.10 Å². The Labute approximate surface area is 120 Å². The third kappa shape index (κ3) is 2.93. The van der Waals surface area contributed by atoms with Crippen LogP contribution >= 0.6 is 23.2 Å². The van der Waals surface area contributed by atoms with Gasteiger partial charge in [0.05, 0.1) is 11.3 Å². The fraction of sp³-hybridized carbons (Fsp3) is 0.333. The summed E-state index contributed by atoms with van der Waals surface area (Å²) < 4.78 is 1.40. The predicted octanol–water partition coefficient (Wildman–Crippen LogP) is 2.98. The first-order valence-electron chi connectivity index (χ1n) is 5.75. The van der Waals surface area contributed by atoms with E-state index in [-0.39, 0.29) is 10.3 Å². The van der Waals surface area contributed by atoms with E-state index in [1.165, 1.54) is 4.68 Å². The topological polar surface area (TPSA) is 60.7 Å². The second kappa shape index (κ2) is 5.67. The van der Waals surface area contributed by atoms with Crippen LogP contribution in [0.5, 0.6) is 0 Å². The average Bonchev–Trinajstić information content (AvgIpc) is 2.66. The van der Waals surface area contributed by atoms with E-state index < -0.39 is 0 Å². The molecule has 0 aliphatic heterocycles. The molecule has 2 aromatic rings. The van der Waals surface area contributed by atoms with Crippen LogP contribution in [-0.4, -0.2) is 26.3 Å². The number of carbonyl (C=O) groups is 1. The molecule has 0 aromatic carbocycles. The standard InChI is InChI=1S/C12H12Cl2N4O/c1-7(2)5-9-8(6-19)12(14)18(17-9)11-4-3-10(13)15-16-11/h3-4,6-7H,5H2,1-2H3. The first-order chi connectivity index (χ1) is 9.02. The van der Waals surface area contributed by atoms with Crippen molar-refractivity contribution in [1.29, 1.82) is 0 Å². The molecule has 100 valence electrons. The van der Waals surface area contributed by atoms with Gasteiger partial charge >= 0.3 is 0 Å². The van der Waals surface area contributed by atoms with Gasteiger partial charge in [-0.15, -0.1) is 10.2 Å². The van der Waals surface area contributed by atoms with Gasteiger partial charge in [-0.25, -0.2) is 4.68 Å². The van der Waals surface area contributed by atoms with Gasteiger partial charge in [0.2, 0.25) is 0 Å². The van der Waals surface area contributed by atoms with Crippen LogP contribution in [0.15, 0.2) is 12.1 Å². The van der Waals surface area contributed by atoms with Crippen LogP contribution in [0.25, 0.3) is 5.82 Å². The zero-order chi connectivity index (χ0) is 14.0. The molecule has 5 nitrogen and oxygen atoms in total. The molecule has 0 aliphatic rings. The predicted molar refractivity (Wildman–Crippen MR) is 73.1 cm³/mol. The maximum atomic E-state index is 11.1. The van der Waals surface area contributed by atoms with Crippen molar-refractivity contribution in [2.45, 2.75) is 20.3 Å². The number of hydrogen-bond donors (Lipinski definition) is 0. The van der Waals surface area contributed by atoms with Crippen LogP contribution in [0.2, 0.25) is 10.3 Å². The van der Waals surface area contributed by atoms with E-state index in [1.54, 1.807) is 12.1 Å². The lowest BCUT2D eigenvalue weighted by Crippen LogP contribution is -2.02. The van der Waals surface area contributed by atoms with Gasteiger partial charge in [0.15, 0.2) is 17.3 Å². The Hall–Kier alpha value is -1.46. The van der Waals surface area contributed by atoms with Gasteiger partial charge in [-0.05, 0) is 24.5 Å². The lowest BCUT2D eigenvalue weighted by Gasteiger charge is -2.01. The normalized spacial score (nSPS) is 11.0. The van der Waals surface area contributed by atoms with Crippen LogP contribution in [0.1, 0.15) is 29.9 Å². The third-order valence-electron chi connectivity index (χ3n) is 2.49. The quantitative estimate of drug-likeness (QED) is 0.814. The number of carbonyl (C=O) groups excluding carboxylic acids is 1. The molecule has 7 heteroatoms. The van der Waals surface area contributed by atoms with E-state index in [0.717, 1.165) is 0 Å². The van der Waals surface area contributed by atoms with Gasteiger partial charge in [-0.3, -0.25) is 4.79 Å². The minimum absolute atomic E-state index is 0.238. The fourth-order valence-corrected chi connectivity index (χ4v) is 2.06. The highest BCUT2D eigenvalue weighted by Crippen LogP contribution is 2.23. The summed E-state index contributed by atoms with van der Waals surface area (Å²) in [5.41, 5.74) is 1.05. The minimum Gasteiger partial charge on any atom is -0.298 e. The molecule has 0 unspecified atom stereocenters. The summed E-state index contributed by atoms with van der Waals surface area (Å²) in [4.78, 5) is 11.1. The molecule has 0 N–H and O–H groups in total. The van der Waals surface area contributed by atoms with E-state index >= 15 is 0 Å². The van der Waals surface area contributed by atoms with Crippen LogP contribution in [0.3, 0.4) is 0 Å². The fourth-order valence-electron chi connectivity index (χ4n) is 1.68. The lowest BCUT2D eigenvalue weighted by molar-refractivity contribution is 0.112. The van der Waals surface area contributed by atoms with Gasteiger partial charge in [0.25, 0.3) is 0 Å². The highest BCUT2D eigenvalue weighted by molar-refractivity contribution is 6.32. The van der Waals surface area contributed by atoms with E-state index in [0.29, 0.717) is 35.7 Å². The molecule has 0 atom stereocenters. The number of aldehydes is 1. The van der Waals surface area contributed by atoms with Crippen molar-refractivity contribution >= 4 is 29.5 Å². The highest BCUT2D eigenvalue weighted by Gasteiger charge is 2.18. The molecule has 0 aliphatic carbocycles. The largest absolute Gasteiger partial charge is 0.298 e. The summed E-state index contributed by atoms with van der Waals surface area (Å²) in [5, 5.41) is 12.5. The average molecular weight is 299 g/mol. The second-order valence-corrected chi connectivity index (χ2v) is 5.24. The molecule has 2 rings (SSSR count). The SMILES string of the molecule is CC(C)Cc1nn(-c2ccc(Cl)nn2)c(Cl)c1C=O. The second-order valence-electron chi connectivity index (χ2n) is 4.49. The first-order valence-corrected chi connectivity index (χ1v) is 6.50. The van der Waals surface area contributed by atoms with Crippen molar-refractivity contribution in [3.8, 4) is 5.82 Å². The molecule has 0 spiro atoms. The zero-order valence-electron chi connectivity index (χ0n) is 10.5. The maximum absolute atomic E-state index is 11.1. The van der Waals surface area contributed by atoms with E-state index in [9.17, 15) is 4.79 Å². The summed E-state index contributed by atoms with van der Waals surface area (Å²) >= 11 is 11.8. The van der Waals surface area contributed by atoms with E-state index in [4.69, 9.17) is 23.2 Å². The van der Waals surface area contributed by atoms with E-state index in [2.05, 4.69) is 15.3 Å². The Bertz CT molecular complexity index is 593. The molecule has 0 amide bonds. The van der Waals surface area contributed by atoms with Gasteiger partial charge in [-0.1, -0.05) is 37.0 Å². The van der Waals surface area contributed by atoms with Gasteiger partial charge in [0.1, 0.15) is 5.15 Å².